The van der Waals surface area contributed by atoms with E-state index in [9.17, 15) is 24.2 Å². The van der Waals surface area contributed by atoms with Gasteiger partial charge in [-0.15, -0.1) is 0 Å². The van der Waals surface area contributed by atoms with Gasteiger partial charge in [-0.05, 0) is 37.3 Å². The van der Waals surface area contributed by atoms with Gasteiger partial charge in [0.2, 0.25) is 5.91 Å². The highest BCUT2D eigenvalue weighted by Gasteiger charge is 2.32. The molecule has 0 unspecified atom stereocenters. The van der Waals surface area contributed by atoms with E-state index in [1.807, 2.05) is 19.9 Å². The summed E-state index contributed by atoms with van der Waals surface area (Å²) in [4.78, 5) is 32.2. The van der Waals surface area contributed by atoms with E-state index in [0.717, 1.165) is 19.5 Å². The molecule has 3 rings (SSSR count). The zero-order chi connectivity index (χ0) is 30.3. The molecule has 2 N–H and O–H groups in total. The van der Waals surface area contributed by atoms with Crippen molar-refractivity contribution in [3.63, 3.8) is 0 Å². The molecule has 0 radical (unpaired) electrons. The van der Waals surface area contributed by atoms with E-state index < -0.39 is 30.0 Å². The summed E-state index contributed by atoms with van der Waals surface area (Å²) in [6.45, 7) is 8.96. The Morgan fingerprint density at radius 3 is 2.50 bits per heavy atom. The Kier molecular flexibility index (Phi) is 14.8. The molecule has 2 saturated heterocycles. The van der Waals surface area contributed by atoms with Crippen LogP contribution in [0.15, 0.2) is 36.4 Å². The van der Waals surface area contributed by atoms with Crippen molar-refractivity contribution in [1.29, 1.82) is 0 Å². The number of aliphatic hydroxyl groups is 2. The predicted molar refractivity (Wildman–Crippen MR) is 157 cm³/mol. The Balaban J connectivity index is 1.81. The Morgan fingerprint density at radius 1 is 1.02 bits per heavy atom. The average molecular weight is 594 g/mol. The van der Waals surface area contributed by atoms with E-state index in [1.165, 1.54) is 23.1 Å². The summed E-state index contributed by atoms with van der Waals surface area (Å²) < 4.78 is 31.7. The van der Waals surface area contributed by atoms with Crippen LogP contribution in [0.4, 0.5) is 4.39 Å². The van der Waals surface area contributed by atoms with Crippen LogP contribution in [0.1, 0.15) is 43.5 Å². The van der Waals surface area contributed by atoms with Gasteiger partial charge in [0.25, 0.3) is 5.91 Å². The number of benzene rings is 1. The van der Waals surface area contributed by atoms with Crippen LogP contribution in [0.5, 0.6) is 0 Å². The maximum absolute atomic E-state index is 14.7. The van der Waals surface area contributed by atoms with Gasteiger partial charge in [0.15, 0.2) is 0 Å². The molecule has 1 aromatic carbocycles. The van der Waals surface area contributed by atoms with Gasteiger partial charge in [-0.2, -0.15) is 0 Å². The van der Waals surface area contributed by atoms with Crippen LogP contribution in [-0.4, -0.2) is 134 Å². The number of carbonyl (C=O) groups is 2. The molecule has 0 aromatic heterocycles. The molecule has 2 fully saturated rings. The van der Waals surface area contributed by atoms with Gasteiger partial charge in [-0.1, -0.05) is 32.1 Å². The summed E-state index contributed by atoms with van der Waals surface area (Å²) in [7, 11) is 0. The van der Waals surface area contributed by atoms with Crippen LogP contribution in [0.3, 0.4) is 0 Å². The SMILES string of the molecule is CC(C)CCO[C@@H]1CN(C(=O)c2ccccc2F)CCN(C(=O)/C=C/CN2CCOCC2)CCCCOC[C@@H](O)[C@H]1O. The molecule has 10 nitrogen and oxygen atoms in total. The first kappa shape index (κ1) is 34.1. The summed E-state index contributed by atoms with van der Waals surface area (Å²) in [6, 6.07) is 5.73. The first-order valence-electron chi connectivity index (χ1n) is 15.1. The van der Waals surface area contributed by atoms with Crippen molar-refractivity contribution in [2.24, 2.45) is 5.92 Å². The first-order valence-corrected chi connectivity index (χ1v) is 15.1. The van der Waals surface area contributed by atoms with Crippen molar-refractivity contribution < 1.29 is 38.4 Å². The Labute approximate surface area is 249 Å². The fourth-order valence-electron chi connectivity index (χ4n) is 4.83. The number of aliphatic hydroxyl groups excluding tert-OH is 2. The lowest BCUT2D eigenvalue weighted by atomic mass is 10.1. The number of hydrogen-bond donors (Lipinski definition) is 2. The van der Waals surface area contributed by atoms with Gasteiger partial charge in [0, 0.05) is 65.1 Å². The monoisotopic (exact) mass is 593 g/mol. The van der Waals surface area contributed by atoms with Crippen LogP contribution in [-0.2, 0) is 19.0 Å². The van der Waals surface area contributed by atoms with Gasteiger partial charge < -0.3 is 34.2 Å². The third-order valence-corrected chi connectivity index (χ3v) is 7.53. The quantitative estimate of drug-likeness (QED) is 0.440. The molecule has 0 aliphatic carbocycles. The van der Waals surface area contributed by atoms with Gasteiger partial charge >= 0.3 is 0 Å². The third-order valence-electron chi connectivity index (χ3n) is 7.53. The molecule has 11 heteroatoms. The third kappa shape index (κ3) is 11.3. The highest BCUT2D eigenvalue weighted by molar-refractivity contribution is 5.94. The second-order valence-corrected chi connectivity index (χ2v) is 11.3. The van der Waals surface area contributed by atoms with Crippen LogP contribution in [0.2, 0.25) is 0 Å². The van der Waals surface area contributed by atoms with E-state index in [0.29, 0.717) is 58.3 Å². The molecule has 0 bridgehead atoms. The highest BCUT2D eigenvalue weighted by Crippen LogP contribution is 2.16. The first-order chi connectivity index (χ1) is 20.3. The second-order valence-electron chi connectivity index (χ2n) is 11.3. The molecule has 0 saturated carbocycles. The number of morpholine rings is 1. The minimum Gasteiger partial charge on any atom is -0.388 e. The molecule has 1 aromatic rings. The van der Waals surface area contributed by atoms with Crippen LogP contribution >= 0.6 is 0 Å². The highest BCUT2D eigenvalue weighted by atomic mass is 19.1. The minimum absolute atomic E-state index is 0.0968. The van der Waals surface area contributed by atoms with Crippen LogP contribution < -0.4 is 0 Å². The van der Waals surface area contributed by atoms with Crippen LogP contribution in [0.25, 0.3) is 0 Å². The molecule has 2 aliphatic rings. The second kappa shape index (κ2) is 18.3. The molecule has 2 amide bonds. The summed E-state index contributed by atoms with van der Waals surface area (Å²) in [6.07, 6.45) is 1.93. The number of nitrogens with zero attached hydrogens (tertiary/aromatic N) is 3. The van der Waals surface area contributed by atoms with Crippen LogP contribution in [0, 0.1) is 11.7 Å². The molecule has 2 heterocycles. The number of ether oxygens (including phenoxy) is 3. The number of hydrogen-bond acceptors (Lipinski definition) is 8. The number of carbonyl (C=O) groups excluding carboxylic acids is 2. The maximum atomic E-state index is 14.7. The molecular formula is C31H48FN3O7. The summed E-state index contributed by atoms with van der Waals surface area (Å²) >= 11 is 0. The molecule has 2 aliphatic heterocycles. The molecule has 42 heavy (non-hydrogen) atoms. The normalized spacial score (nSPS) is 24.2. The summed E-state index contributed by atoms with van der Waals surface area (Å²) in [5.41, 5.74) is -0.110. The van der Waals surface area contributed by atoms with Crippen molar-refractivity contribution in [2.45, 2.75) is 51.4 Å². The standard InChI is InChI=1S/C31H48FN3O7/c1-24(2)11-19-42-28-22-35(31(39)25-8-3-4-9-26(25)32)15-14-34(13-5-6-18-41-23-27(36)30(28)38)29(37)10-7-12-33-16-20-40-21-17-33/h3-4,7-10,24,27-28,30,36,38H,5-6,11-23H2,1-2H3/b10-7+/t27-,28-,30-/m1/s1. The smallest absolute Gasteiger partial charge is 0.256 e. The van der Waals surface area contributed by atoms with E-state index in [-0.39, 0.29) is 37.7 Å². The number of halogens is 1. The van der Waals surface area contributed by atoms with Gasteiger partial charge in [-0.3, -0.25) is 14.5 Å². The van der Waals surface area contributed by atoms with Gasteiger partial charge in [-0.25, -0.2) is 4.39 Å². The Hall–Kier alpha value is -2.41. The minimum atomic E-state index is -1.34. The van der Waals surface area contributed by atoms with E-state index >= 15 is 0 Å². The van der Waals surface area contributed by atoms with E-state index in [4.69, 9.17) is 14.2 Å². The van der Waals surface area contributed by atoms with E-state index in [1.54, 1.807) is 17.0 Å². The van der Waals surface area contributed by atoms with Crippen molar-refractivity contribution in [2.75, 3.05) is 78.8 Å². The fraction of sp³-hybridized carbons (Fsp3) is 0.677. The molecule has 236 valence electrons. The fourth-order valence-corrected chi connectivity index (χ4v) is 4.83. The predicted octanol–water partition coefficient (Wildman–Crippen LogP) is 1.95. The lowest BCUT2D eigenvalue weighted by molar-refractivity contribution is -0.127. The molecule has 3 atom stereocenters. The Bertz CT molecular complexity index is 989. The van der Waals surface area contributed by atoms with Crippen molar-refractivity contribution >= 4 is 11.8 Å². The lowest BCUT2D eigenvalue weighted by Gasteiger charge is -2.34. The summed E-state index contributed by atoms with van der Waals surface area (Å²) in [5.74, 6) is -1.06. The molecule has 0 spiro atoms. The lowest BCUT2D eigenvalue weighted by Crippen LogP contribution is -2.51. The average Bonchev–Trinajstić information content (AvgIpc) is 2.98. The topological polar surface area (TPSA) is 112 Å². The number of amides is 2. The zero-order valence-corrected chi connectivity index (χ0v) is 25.0. The van der Waals surface area contributed by atoms with Gasteiger partial charge in [0.1, 0.15) is 24.1 Å². The number of rotatable bonds is 8. The van der Waals surface area contributed by atoms with Crippen molar-refractivity contribution in [1.82, 2.24) is 14.7 Å². The Morgan fingerprint density at radius 2 is 1.76 bits per heavy atom. The van der Waals surface area contributed by atoms with E-state index in [2.05, 4.69) is 4.90 Å². The summed E-state index contributed by atoms with van der Waals surface area (Å²) in [5, 5.41) is 21.7. The largest absolute Gasteiger partial charge is 0.388 e. The maximum Gasteiger partial charge on any atom is 0.256 e. The molecular weight excluding hydrogens is 545 g/mol. The van der Waals surface area contributed by atoms with Crippen molar-refractivity contribution in [3.8, 4) is 0 Å². The zero-order valence-electron chi connectivity index (χ0n) is 25.0. The van der Waals surface area contributed by atoms with Gasteiger partial charge in [0.05, 0.1) is 25.4 Å². The van der Waals surface area contributed by atoms with Crippen molar-refractivity contribution in [3.05, 3.63) is 47.8 Å².